The standard InChI is InChI=1S/C9H19NO2/c1-3-10-5-8-4-9(2,6-11)7-12-8/h8,10-11H,3-7H2,1-2H3. The van der Waals surface area contributed by atoms with Gasteiger partial charge >= 0.3 is 0 Å². The zero-order valence-electron chi connectivity index (χ0n) is 7.97. The fourth-order valence-corrected chi connectivity index (χ4v) is 1.53. The fraction of sp³-hybridized carbons (Fsp3) is 1.00. The van der Waals surface area contributed by atoms with E-state index in [1.807, 2.05) is 0 Å². The van der Waals surface area contributed by atoms with Crippen LogP contribution in [0.4, 0.5) is 0 Å². The van der Waals surface area contributed by atoms with Crippen molar-refractivity contribution >= 4 is 0 Å². The minimum absolute atomic E-state index is 0.0000874. The van der Waals surface area contributed by atoms with Crippen molar-refractivity contribution in [3.63, 3.8) is 0 Å². The summed E-state index contributed by atoms with van der Waals surface area (Å²) in [5.74, 6) is 0. The van der Waals surface area contributed by atoms with Crippen LogP contribution in [0.15, 0.2) is 0 Å². The van der Waals surface area contributed by atoms with Crippen molar-refractivity contribution in [2.24, 2.45) is 5.41 Å². The molecule has 0 saturated carbocycles. The summed E-state index contributed by atoms with van der Waals surface area (Å²) in [7, 11) is 0. The van der Waals surface area contributed by atoms with Gasteiger partial charge in [0.1, 0.15) is 0 Å². The molecule has 1 aliphatic rings. The molecular formula is C9H19NO2. The van der Waals surface area contributed by atoms with Crippen LogP contribution in [-0.2, 0) is 4.74 Å². The van der Waals surface area contributed by atoms with Crippen LogP contribution in [0, 0.1) is 5.41 Å². The third-order valence-corrected chi connectivity index (χ3v) is 2.39. The predicted molar refractivity (Wildman–Crippen MR) is 48.1 cm³/mol. The highest BCUT2D eigenvalue weighted by molar-refractivity contribution is 4.84. The first-order valence-corrected chi connectivity index (χ1v) is 4.63. The van der Waals surface area contributed by atoms with Crippen molar-refractivity contribution in [1.29, 1.82) is 0 Å². The maximum Gasteiger partial charge on any atom is 0.0706 e. The number of nitrogens with one attached hydrogen (secondary N) is 1. The van der Waals surface area contributed by atoms with Crippen LogP contribution in [0.3, 0.4) is 0 Å². The SMILES string of the molecule is CCNCC1CC(C)(CO)CO1. The molecule has 3 heteroatoms. The molecule has 0 spiro atoms. The number of ether oxygens (including phenoxy) is 1. The van der Waals surface area contributed by atoms with Crippen molar-refractivity contribution in [2.75, 3.05) is 26.3 Å². The van der Waals surface area contributed by atoms with Crippen molar-refractivity contribution < 1.29 is 9.84 Å². The Morgan fingerprint density at radius 1 is 1.67 bits per heavy atom. The van der Waals surface area contributed by atoms with Gasteiger partial charge in [0.2, 0.25) is 0 Å². The van der Waals surface area contributed by atoms with E-state index < -0.39 is 0 Å². The number of likely N-dealkylation sites (N-methyl/N-ethyl adjacent to an activating group) is 1. The van der Waals surface area contributed by atoms with E-state index >= 15 is 0 Å². The van der Waals surface area contributed by atoms with Crippen LogP contribution in [0.1, 0.15) is 20.3 Å². The van der Waals surface area contributed by atoms with Gasteiger partial charge in [-0.1, -0.05) is 13.8 Å². The van der Waals surface area contributed by atoms with Crippen molar-refractivity contribution in [3.05, 3.63) is 0 Å². The summed E-state index contributed by atoms with van der Waals surface area (Å²) in [5, 5.41) is 12.3. The monoisotopic (exact) mass is 173 g/mol. The second-order valence-electron chi connectivity index (χ2n) is 3.91. The molecule has 2 atom stereocenters. The smallest absolute Gasteiger partial charge is 0.0706 e. The van der Waals surface area contributed by atoms with Gasteiger partial charge in [-0.15, -0.1) is 0 Å². The summed E-state index contributed by atoms with van der Waals surface area (Å²) >= 11 is 0. The van der Waals surface area contributed by atoms with E-state index in [1.165, 1.54) is 0 Å². The number of hydrogen-bond donors (Lipinski definition) is 2. The van der Waals surface area contributed by atoms with E-state index in [4.69, 9.17) is 9.84 Å². The minimum atomic E-state index is 0.0000874. The van der Waals surface area contributed by atoms with Crippen molar-refractivity contribution in [1.82, 2.24) is 5.32 Å². The molecule has 2 unspecified atom stereocenters. The second-order valence-corrected chi connectivity index (χ2v) is 3.91. The number of aliphatic hydroxyl groups is 1. The van der Waals surface area contributed by atoms with Gasteiger partial charge in [-0.25, -0.2) is 0 Å². The van der Waals surface area contributed by atoms with Crippen LogP contribution in [0.2, 0.25) is 0 Å². The first-order chi connectivity index (χ1) is 5.70. The first-order valence-electron chi connectivity index (χ1n) is 4.63. The number of aliphatic hydroxyl groups excluding tert-OH is 1. The Hall–Kier alpha value is -0.120. The fourth-order valence-electron chi connectivity index (χ4n) is 1.53. The quantitative estimate of drug-likeness (QED) is 0.646. The van der Waals surface area contributed by atoms with Gasteiger partial charge in [0.15, 0.2) is 0 Å². The lowest BCUT2D eigenvalue weighted by Crippen LogP contribution is -2.27. The summed E-state index contributed by atoms with van der Waals surface area (Å²) < 4.78 is 5.54. The summed E-state index contributed by atoms with van der Waals surface area (Å²) in [4.78, 5) is 0. The topological polar surface area (TPSA) is 41.5 Å². The molecule has 3 nitrogen and oxygen atoms in total. The molecule has 1 rings (SSSR count). The van der Waals surface area contributed by atoms with Gasteiger partial charge in [-0.05, 0) is 13.0 Å². The second kappa shape index (κ2) is 4.21. The van der Waals surface area contributed by atoms with E-state index in [9.17, 15) is 0 Å². The molecular weight excluding hydrogens is 154 g/mol. The van der Waals surface area contributed by atoms with E-state index in [0.29, 0.717) is 12.7 Å². The van der Waals surface area contributed by atoms with Crippen molar-refractivity contribution in [2.45, 2.75) is 26.4 Å². The Balaban J connectivity index is 2.25. The van der Waals surface area contributed by atoms with Crippen molar-refractivity contribution in [3.8, 4) is 0 Å². The average Bonchev–Trinajstić information content (AvgIpc) is 2.45. The van der Waals surface area contributed by atoms with Gasteiger partial charge < -0.3 is 15.2 Å². The molecule has 1 saturated heterocycles. The lowest BCUT2D eigenvalue weighted by molar-refractivity contribution is 0.0796. The molecule has 72 valence electrons. The number of hydrogen-bond acceptors (Lipinski definition) is 3. The molecule has 0 bridgehead atoms. The summed E-state index contributed by atoms with van der Waals surface area (Å²) in [5.41, 5.74) is 0.0000874. The van der Waals surface area contributed by atoms with Gasteiger partial charge in [-0.3, -0.25) is 0 Å². The number of rotatable bonds is 4. The lowest BCUT2D eigenvalue weighted by atomic mass is 9.89. The Morgan fingerprint density at radius 3 is 2.92 bits per heavy atom. The van der Waals surface area contributed by atoms with E-state index in [1.54, 1.807) is 0 Å². The molecule has 0 aromatic carbocycles. The molecule has 1 heterocycles. The van der Waals surface area contributed by atoms with Crippen LogP contribution in [0.25, 0.3) is 0 Å². The molecule has 0 aromatic heterocycles. The van der Waals surface area contributed by atoms with Gasteiger partial charge in [0.25, 0.3) is 0 Å². The van der Waals surface area contributed by atoms with Crippen LogP contribution in [0.5, 0.6) is 0 Å². The zero-order valence-corrected chi connectivity index (χ0v) is 7.97. The molecule has 0 amide bonds. The van der Waals surface area contributed by atoms with Gasteiger partial charge in [0.05, 0.1) is 19.3 Å². The molecule has 1 fully saturated rings. The Bertz CT molecular complexity index is 138. The summed E-state index contributed by atoms with van der Waals surface area (Å²) in [6.07, 6.45) is 1.26. The third kappa shape index (κ3) is 2.44. The largest absolute Gasteiger partial charge is 0.396 e. The normalized spacial score (nSPS) is 35.8. The Kier molecular flexibility index (Phi) is 3.50. The maximum atomic E-state index is 9.07. The Morgan fingerprint density at radius 2 is 2.42 bits per heavy atom. The highest BCUT2D eigenvalue weighted by Crippen LogP contribution is 2.31. The van der Waals surface area contributed by atoms with Crippen LogP contribution in [-0.4, -0.2) is 37.5 Å². The van der Waals surface area contributed by atoms with Crippen LogP contribution >= 0.6 is 0 Å². The zero-order chi connectivity index (χ0) is 9.03. The minimum Gasteiger partial charge on any atom is -0.396 e. The summed E-state index contributed by atoms with van der Waals surface area (Å²) in [6, 6.07) is 0. The van der Waals surface area contributed by atoms with E-state index in [-0.39, 0.29) is 12.0 Å². The lowest BCUT2D eigenvalue weighted by Gasteiger charge is -2.17. The van der Waals surface area contributed by atoms with Gasteiger partial charge in [-0.2, -0.15) is 0 Å². The highest BCUT2D eigenvalue weighted by Gasteiger charge is 2.35. The Labute approximate surface area is 74.1 Å². The molecule has 1 aliphatic heterocycles. The van der Waals surface area contributed by atoms with Gasteiger partial charge in [0, 0.05) is 12.0 Å². The highest BCUT2D eigenvalue weighted by atomic mass is 16.5. The third-order valence-electron chi connectivity index (χ3n) is 2.39. The van der Waals surface area contributed by atoms with E-state index in [2.05, 4.69) is 19.2 Å². The first kappa shape index (κ1) is 9.96. The molecule has 12 heavy (non-hydrogen) atoms. The maximum absolute atomic E-state index is 9.07. The predicted octanol–water partition coefficient (Wildman–Crippen LogP) is 0.383. The molecule has 0 aliphatic carbocycles. The van der Waals surface area contributed by atoms with E-state index in [0.717, 1.165) is 19.5 Å². The molecule has 0 aromatic rings. The molecule has 0 radical (unpaired) electrons. The van der Waals surface area contributed by atoms with Crippen LogP contribution < -0.4 is 5.32 Å². The molecule has 2 N–H and O–H groups in total. The summed E-state index contributed by atoms with van der Waals surface area (Å²) in [6.45, 7) is 6.97. The average molecular weight is 173 g/mol.